The summed E-state index contributed by atoms with van der Waals surface area (Å²) < 4.78 is 11.0. The van der Waals surface area contributed by atoms with Crippen LogP contribution in [0.1, 0.15) is 29.5 Å². The molecule has 6 nitrogen and oxygen atoms in total. The fourth-order valence-electron chi connectivity index (χ4n) is 3.03. The van der Waals surface area contributed by atoms with Gasteiger partial charge in [-0.1, -0.05) is 0 Å². The highest BCUT2D eigenvalue weighted by atomic mass is 16.5. The molecule has 0 unspecified atom stereocenters. The lowest BCUT2D eigenvalue weighted by molar-refractivity contribution is -0.119. The minimum atomic E-state index is -0.134. The first-order valence-electron chi connectivity index (χ1n) is 7.63. The number of hydrogen-bond donors (Lipinski definition) is 1. The zero-order valence-electron chi connectivity index (χ0n) is 13.5. The van der Waals surface area contributed by atoms with Gasteiger partial charge in [-0.05, 0) is 25.5 Å². The van der Waals surface area contributed by atoms with Gasteiger partial charge in [0.25, 0.3) is 5.91 Å². The molecule has 0 bridgehead atoms. The topological polar surface area (TPSA) is 71.8 Å². The molecule has 1 saturated heterocycles. The summed E-state index contributed by atoms with van der Waals surface area (Å²) in [6.45, 7) is 4.50. The maximum absolute atomic E-state index is 12.7. The van der Waals surface area contributed by atoms with E-state index in [1.165, 1.54) is 6.92 Å². The average Bonchev–Trinajstić information content (AvgIpc) is 3.10. The number of benzene rings is 1. The molecule has 2 aromatic rings. The number of ether oxygens (including phenoxy) is 1. The van der Waals surface area contributed by atoms with E-state index in [0.717, 1.165) is 17.4 Å². The normalized spacial score (nSPS) is 17.5. The Hall–Kier alpha value is -2.50. The first-order chi connectivity index (χ1) is 11.0. The molecule has 1 aromatic heterocycles. The number of aryl methyl sites for hydroxylation is 1. The largest absolute Gasteiger partial charge is 0.497 e. The van der Waals surface area contributed by atoms with Crippen LogP contribution < -0.4 is 10.1 Å². The van der Waals surface area contributed by atoms with E-state index >= 15 is 0 Å². The van der Waals surface area contributed by atoms with E-state index < -0.39 is 0 Å². The van der Waals surface area contributed by atoms with Crippen LogP contribution in [0.15, 0.2) is 22.6 Å². The van der Waals surface area contributed by atoms with Gasteiger partial charge in [-0.2, -0.15) is 0 Å². The van der Waals surface area contributed by atoms with Crippen LogP contribution >= 0.6 is 0 Å². The fraction of sp³-hybridized carbons (Fsp3) is 0.412. The van der Waals surface area contributed by atoms with Gasteiger partial charge in [-0.3, -0.25) is 9.59 Å². The molecule has 3 rings (SSSR count). The summed E-state index contributed by atoms with van der Waals surface area (Å²) in [4.78, 5) is 25.6. The van der Waals surface area contributed by atoms with E-state index in [0.29, 0.717) is 30.2 Å². The van der Waals surface area contributed by atoms with Gasteiger partial charge in [-0.25, -0.2) is 0 Å². The number of furan rings is 1. The van der Waals surface area contributed by atoms with E-state index in [1.807, 2.05) is 19.1 Å². The summed E-state index contributed by atoms with van der Waals surface area (Å²) in [5, 5.41) is 3.76. The number of likely N-dealkylation sites (tertiary alicyclic amines) is 1. The Bertz CT molecular complexity index is 765. The van der Waals surface area contributed by atoms with Crippen molar-refractivity contribution in [1.29, 1.82) is 0 Å². The minimum Gasteiger partial charge on any atom is -0.497 e. The Morgan fingerprint density at radius 2 is 2.17 bits per heavy atom. The lowest BCUT2D eigenvalue weighted by Crippen LogP contribution is -2.37. The van der Waals surface area contributed by atoms with E-state index in [2.05, 4.69) is 5.32 Å². The van der Waals surface area contributed by atoms with Crippen molar-refractivity contribution in [3.63, 3.8) is 0 Å². The Morgan fingerprint density at radius 1 is 1.39 bits per heavy atom. The van der Waals surface area contributed by atoms with Crippen molar-refractivity contribution in [2.75, 3.05) is 20.2 Å². The van der Waals surface area contributed by atoms with E-state index in [-0.39, 0.29) is 17.9 Å². The van der Waals surface area contributed by atoms with Gasteiger partial charge in [0, 0.05) is 43.1 Å². The van der Waals surface area contributed by atoms with Crippen molar-refractivity contribution >= 4 is 22.8 Å². The molecule has 1 aliphatic rings. The Kier molecular flexibility index (Phi) is 3.98. The summed E-state index contributed by atoms with van der Waals surface area (Å²) in [7, 11) is 1.59. The highest BCUT2D eigenvalue weighted by Crippen LogP contribution is 2.30. The second-order valence-electron chi connectivity index (χ2n) is 5.86. The second-order valence-corrected chi connectivity index (χ2v) is 5.86. The van der Waals surface area contributed by atoms with Crippen LogP contribution in [0.5, 0.6) is 5.75 Å². The van der Waals surface area contributed by atoms with Crippen molar-refractivity contribution in [2.24, 2.45) is 0 Å². The predicted octanol–water partition coefficient (Wildman–Crippen LogP) is 2.10. The van der Waals surface area contributed by atoms with Crippen LogP contribution in [-0.2, 0) is 4.79 Å². The third-order valence-corrected chi connectivity index (χ3v) is 4.22. The van der Waals surface area contributed by atoms with Crippen molar-refractivity contribution < 1.29 is 18.7 Å². The summed E-state index contributed by atoms with van der Waals surface area (Å²) in [6, 6.07) is 5.54. The van der Waals surface area contributed by atoms with E-state index in [9.17, 15) is 9.59 Å². The summed E-state index contributed by atoms with van der Waals surface area (Å²) >= 11 is 0. The Labute approximate surface area is 134 Å². The van der Waals surface area contributed by atoms with Crippen molar-refractivity contribution in [2.45, 2.75) is 26.3 Å². The summed E-state index contributed by atoms with van der Waals surface area (Å²) in [6.07, 6.45) is 0.762. The quantitative estimate of drug-likeness (QED) is 0.941. The molecule has 0 radical (unpaired) electrons. The molecule has 122 valence electrons. The molecule has 0 aliphatic carbocycles. The lowest BCUT2D eigenvalue weighted by atomic mass is 10.1. The summed E-state index contributed by atoms with van der Waals surface area (Å²) in [5.74, 6) is 0.843. The molecule has 23 heavy (non-hydrogen) atoms. The van der Waals surface area contributed by atoms with Crippen LogP contribution in [-0.4, -0.2) is 43.0 Å². The van der Waals surface area contributed by atoms with Crippen molar-refractivity contribution in [1.82, 2.24) is 10.2 Å². The number of fused-ring (bicyclic) bond motifs is 1. The number of methoxy groups -OCH3 is 1. The maximum Gasteiger partial charge on any atom is 0.289 e. The molecule has 0 saturated carbocycles. The van der Waals surface area contributed by atoms with Gasteiger partial charge in [0.1, 0.15) is 11.3 Å². The highest BCUT2D eigenvalue weighted by molar-refractivity contribution is 5.99. The lowest BCUT2D eigenvalue weighted by Gasteiger charge is -2.15. The van der Waals surface area contributed by atoms with Gasteiger partial charge in [0.15, 0.2) is 5.76 Å². The molecular formula is C17H20N2O4. The molecule has 2 amide bonds. The maximum atomic E-state index is 12.7. The smallest absolute Gasteiger partial charge is 0.289 e. The average molecular weight is 316 g/mol. The minimum absolute atomic E-state index is 0.0150. The Balaban J connectivity index is 1.84. The van der Waals surface area contributed by atoms with Gasteiger partial charge < -0.3 is 19.4 Å². The molecule has 2 heterocycles. The predicted molar refractivity (Wildman–Crippen MR) is 85.6 cm³/mol. The van der Waals surface area contributed by atoms with Crippen LogP contribution in [0.25, 0.3) is 11.0 Å². The number of carbonyl (C=O) groups is 2. The van der Waals surface area contributed by atoms with E-state index in [4.69, 9.17) is 9.15 Å². The van der Waals surface area contributed by atoms with Gasteiger partial charge >= 0.3 is 0 Å². The zero-order chi connectivity index (χ0) is 16.6. The molecule has 1 atom stereocenters. The second kappa shape index (κ2) is 5.95. The Morgan fingerprint density at radius 3 is 2.87 bits per heavy atom. The van der Waals surface area contributed by atoms with Gasteiger partial charge in [-0.15, -0.1) is 0 Å². The third-order valence-electron chi connectivity index (χ3n) is 4.22. The van der Waals surface area contributed by atoms with Crippen LogP contribution in [0, 0.1) is 6.92 Å². The standard InChI is InChI=1S/C17H20N2O4/c1-10-14-5-4-13(22-3)8-15(14)23-16(10)17(21)19-7-6-12(9-19)18-11(2)20/h4-5,8,12H,6-7,9H2,1-3H3,(H,18,20)/t12-/m0/s1. The van der Waals surface area contributed by atoms with Gasteiger partial charge in [0.2, 0.25) is 5.91 Å². The van der Waals surface area contributed by atoms with Crippen LogP contribution in [0.4, 0.5) is 0 Å². The van der Waals surface area contributed by atoms with Gasteiger partial charge in [0.05, 0.1) is 7.11 Å². The monoisotopic (exact) mass is 316 g/mol. The first kappa shape index (κ1) is 15.4. The van der Waals surface area contributed by atoms with E-state index in [1.54, 1.807) is 18.1 Å². The molecule has 1 N–H and O–H groups in total. The highest BCUT2D eigenvalue weighted by Gasteiger charge is 2.30. The number of hydrogen-bond acceptors (Lipinski definition) is 4. The molecule has 6 heteroatoms. The molecule has 1 aliphatic heterocycles. The number of nitrogens with zero attached hydrogens (tertiary/aromatic N) is 1. The fourth-order valence-corrected chi connectivity index (χ4v) is 3.03. The molecule has 1 aromatic carbocycles. The third kappa shape index (κ3) is 2.88. The number of rotatable bonds is 3. The number of carbonyl (C=O) groups excluding carboxylic acids is 2. The number of nitrogens with one attached hydrogen (secondary N) is 1. The van der Waals surface area contributed by atoms with Crippen molar-refractivity contribution in [3.05, 3.63) is 29.5 Å². The van der Waals surface area contributed by atoms with Crippen LogP contribution in [0.2, 0.25) is 0 Å². The molecule has 1 fully saturated rings. The molecular weight excluding hydrogens is 296 g/mol. The zero-order valence-corrected chi connectivity index (χ0v) is 13.5. The number of amides is 2. The van der Waals surface area contributed by atoms with Crippen LogP contribution in [0.3, 0.4) is 0 Å². The van der Waals surface area contributed by atoms with Crippen molar-refractivity contribution in [3.8, 4) is 5.75 Å². The first-order valence-corrected chi connectivity index (χ1v) is 7.63. The SMILES string of the molecule is COc1ccc2c(C)c(C(=O)N3CC[C@H](NC(C)=O)C3)oc2c1. The molecule has 0 spiro atoms. The summed E-state index contributed by atoms with van der Waals surface area (Å²) in [5.41, 5.74) is 1.47.